The third-order valence-electron chi connectivity index (χ3n) is 2.53. The molecule has 2 unspecified atom stereocenters. The van der Waals surface area contributed by atoms with Gasteiger partial charge in [0.1, 0.15) is 0 Å². The van der Waals surface area contributed by atoms with Crippen LogP contribution in [0.2, 0.25) is 0 Å². The predicted molar refractivity (Wildman–Crippen MR) is 47.6 cm³/mol. The maximum atomic E-state index is 10.8. The standard InChI is InChI=1S/C10H8O4/c11-9(12)7-3-4-8(10(13)14)6-2-1-5(6)7/h1-5,7H,(H,11,12)(H,13,14). The van der Waals surface area contributed by atoms with E-state index in [1.807, 2.05) is 0 Å². The van der Waals surface area contributed by atoms with E-state index in [-0.39, 0.29) is 11.5 Å². The molecule has 2 N–H and O–H groups in total. The van der Waals surface area contributed by atoms with Crippen molar-refractivity contribution in [2.75, 3.05) is 0 Å². The summed E-state index contributed by atoms with van der Waals surface area (Å²) < 4.78 is 0. The molecule has 14 heavy (non-hydrogen) atoms. The minimum atomic E-state index is -1.01. The van der Waals surface area contributed by atoms with Gasteiger partial charge in [-0.05, 0) is 5.57 Å². The van der Waals surface area contributed by atoms with Gasteiger partial charge in [-0.25, -0.2) is 4.79 Å². The number of carboxylic acids is 2. The summed E-state index contributed by atoms with van der Waals surface area (Å²) in [6, 6.07) is 0. The van der Waals surface area contributed by atoms with Crippen LogP contribution in [0.25, 0.3) is 0 Å². The SMILES string of the molecule is O=C(O)C1=C2C=CC2C(C(=O)O)C=C1. The summed E-state index contributed by atoms with van der Waals surface area (Å²) >= 11 is 0. The van der Waals surface area contributed by atoms with E-state index in [2.05, 4.69) is 0 Å². The Morgan fingerprint density at radius 2 is 1.86 bits per heavy atom. The summed E-state index contributed by atoms with van der Waals surface area (Å²) in [6.45, 7) is 0. The zero-order valence-electron chi connectivity index (χ0n) is 7.18. The fraction of sp³-hybridized carbons (Fsp3) is 0.200. The number of rotatable bonds is 2. The fourth-order valence-corrected chi connectivity index (χ4v) is 1.73. The van der Waals surface area contributed by atoms with Crippen molar-refractivity contribution in [2.45, 2.75) is 0 Å². The minimum absolute atomic E-state index is 0.204. The molecule has 4 heteroatoms. The molecule has 0 amide bonds. The second kappa shape index (κ2) is 2.83. The summed E-state index contributed by atoms with van der Waals surface area (Å²) in [5.41, 5.74) is 0.822. The smallest absolute Gasteiger partial charge is 0.335 e. The molecular weight excluding hydrogens is 184 g/mol. The van der Waals surface area contributed by atoms with Crippen molar-refractivity contribution in [2.24, 2.45) is 11.8 Å². The van der Waals surface area contributed by atoms with Crippen LogP contribution in [0.1, 0.15) is 0 Å². The zero-order chi connectivity index (χ0) is 10.3. The van der Waals surface area contributed by atoms with Gasteiger partial charge in [-0.3, -0.25) is 4.79 Å². The van der Waals surface area contributed by atoms with E-state index in [0.717, 1.165) is 0 Å². The van der Waals surface area contributed by atoms with Crippen LogP contribution in [-0.4, -0.2) is 22.2 Å². The summed E-state index contributed by atoms with van der Waals surface area (Å²) in [5, 5.41) is 17.6. The molecule has 2 aliphatic carbocycles. The summed E-state index contributed by atoms with van der Waals surface area (Å²) in [4.78, 5) is 21.5. The van der Waals surface area contributed by atoms with Crippen LogP contribution in [0.4, 0.5) is 0 Å². The molecule has 0 saturated heterocycles. The summed E-state index contributed by atoms with van der Waals surface area (Å²) in [7, 11) is 0. The van der Waals surface area contributed by atoms with Crippen LogP contribution in [-0.2, 0) is 9.59 Å². The lowest BCUT2D eigenvalue weighted by molar-refractivity contribution is -0.141. The maximum absolute atomic E-state index is 10.8. The largest absolute Gasteiger partial charge is 0.481 e. The molecule has 0 aliphatic heterocycles. The highest BCUT2D eigenvalue weighted by molar-refractivity contribution is 5.94. The molecule has 2 aliphatic rings. The van der Waals surface area contributed by atoms with Crippen molar-refractivity contribution in [3.8, 4) is 0 Å². The van der Waals surface area contributed by atoms with E-state index in [0.29, 0.717) is 5.57 Å². The molecule has 0 radical (unpaired) electrons. The first-order valence-electron chi connectivity index (χ1n) is 4.18. The molecule has 0 aromatic rings. The first-order valence-corrected chi connectivity index (χ1v) is 4.18. The molecule has 0 fully saturated rings. The van der Waals surface area contributed by atoms with Crippen molar-refractivity contribution in [1.82, 2.24) is 0 Å². The first kappa shape index (κ1) is 8.74. The van der Waals surface area contributed by atoms with Gasteiger partial charge in [-0.2, -0.15) is 0 Å². The molecule has 72 valence electrons. The van der Waals surface area contributed by atoms with Crippen LogP contribution in [0.5, 0.6) is 0 Å². The summed E-state index contributed by atoms with van der Waals surface area (Å²) in [6.07, 6.45) is 6.19. The van der Waals surface area contributed by atoms with Crippen LogP contribution < -0.4 is 0 Å². The third kappa shape index (κ3) is 1.08. The second-order valence-corrected chi connectivity index (χ2v) is 3.28. The fourth-order valence-electron chi connectivity index (χ4n) is 1.73. The Labute approximate surface area is 79.9 Å². The molecule has 0 spiro atoms. The van der Waals surface area contributed by atoms with Gasteiger partial charge in [0.2, 0.25) is 0 Å². The highest BCUT2D eigenvalue weighted by Gasteiger charge is 2.35. The molecule has 0 bridgehead atoms. The average Bonchev–Trinajstić information content (AvgIpc) is 2.04. The number of fused-ring (bicyclic) bond motifs is 1. The lowest BCUT2D eigenvalue weighted by atomic mass is 9.73. The molecule has 0 aromatic carbocycles. The van der Waals surface area contributed by atoms with E-state index in [1.165, 1.54) is 12.2 Å². The highest BCUT2D eigenvalue weighted by atomic mass is 16.4. The van der Waals surface area contributed by atoms with Gasteiger partial charge >= 0.3 is 11.9 Å². The Hall–Kier alpha value is -1.84. The van der Waals surface area contributed by atoms with E-state index in [9.17, 15) is 9.59 Å². The first-order chi connectivity index (χ1) is 6.61. The normalized spacial score (nSPS) is 28.3. The van der Waals surface area contributed by atoms with Gasteiger partial charge in [0.05, 0.1) is 11.5 Å². The molecule has 0 heterocycles. The van der Waals surface area contributed by atoms with E-state index < -0.39 is 17.9 Å². The summed E-state index contributed by atoms with van der Waals surface area (Å²) in [5.74, 6) is -2.80. The number of hydrogen-bond acceptors (Lipinski definition) is 2. The quantitative estimate of drug-likeness (QED) is 0.679. The Kier molecular flexibility index (Phi) is 1.77. The predicted octanol–water partition coefficient (Wildman–Crippen LogP) is 0.824. The Morgan fingerprint density at radius 1 is 1.14 bits per heavy atom. The maximum Gasteiger partial charge on any atom is 0.335 e. The van der Waals surface area contributed by atoms with Crippen LogP contribution in [0.3, 0.4) is 0 Å². The Balaban J connectivity index is 2.37. The molecule has 4 nitrogen and oxygen atoms in total. The van der Waals surface area contributed by atoms with Gasteiger partial charge in [0.15, 0.2) is 0 Å². The number of carbonyl (C=O) groups is 2. The molecule has 0 aromatic heterocycles. The van der Waals surface area contributed by atoms with Crippen molar-refractivity contribution in [1.29, 1.82) is 0 Å². The van der Waals surface area contributed by atoms with E-state index in [1.54, 1.807) is 12.2 Å². The minimum Gasteiger partial charge on any atom is -0.481 e. The van der Waals surface area contributed by atoms with Crippen LogP contribution in [0, 0.1) is 11.8 Å². The molecule has 0 saturated carbocycles. The van der Waals surface area contributed by atoms with Gasteiger partial charge in [-0.15, -0.1) is 0 Å². The number of hydrogen-bond donors (Lipinski definition) is 2. The van der Waals surface area contributed by atoms with E-state index in [4.69, 9.17) is 10.2 Å². The topological polar surface area (TPSA) is 74.6 Å². The number of aliphatic carboxylic acids is 2. The zero-order valence-corrected chi connectivity index (χ0v) is 7.18. The van der Waals surface area contributed by atoms with Gasteiger partial charge in [-0.1, -0.05) is 24.3 Å². The molecular formula is C10H8O4. The van der Waals surface area contributed by atoms with Gasteiger partial charge in [0, 0.05) is 5.92 Å². The third-order valence-corrected chi connectivity index (χ3v) is 2.53. The Morgan fingerprint density at radius 3 is 2.29 bits per heavy atom. The average molecular weight is 192 g/mol. The molecule has 2 rings (SSSR count). The second-order valence-electron chi connectivity index (χ2n) is 3.28. The lowest BCUT2D eigenvalue weighted by Gasteiger charge is -2.30. The van der Waals surface area contributed by atoms with Crippen molar-refractivity contribution >= 4 is 11.9 Å². The Bertz CT molecular complexity index is 400. The molecule has 2 atom stereocenters. The van der Waals surface area contributed by atoms with Crippen LogP contribution in [0.15, 0.2) is 35.5 Å². The highest BCUT2D eigenvalue weighted by Crippen LogP contribution is 2.38. The van der Waals surface area contributed by atoms with Crippen molar-refractivity contribution in [3.05, 3.63) is 35.5 Å². The number of carboxylic acid groups (broad SMARTS) is 2. The van der Waals surface area contributed by atoms with Crippen molar-refractivity contribution in [3.63, 3.8) is 0 Å². The van der Waals surface area contributed by atoms with Gasteiger partial charge in [0.25, 0.3) is 0 Å². The lowest BCUT2D eigenvalue weighted by Crippen LogP contribution is -2.29. The van der Waals surface area contributed by atoms with Crippen LogP contribution >= 0.6 is 0 Å². The monoisotopic (exact) mass is 192 g/mol. The van der Waals surface area contributed by atoms with Gasteiger partial charge < -0.3 is 10.2 Å². The number of allylic oxidation sites excluding steroid dienone is 3. The van der Waals surface area contributed by atoms with E-state index >= 15 is 0 Å². The van der Waals surface area contributed by atoms with Crippen molar-refractivity contribution < 1.29 is 19.8 Å².